The first kappa shape index (κ1) is 9.97. The summed E-state index contributed by atoms with van der Waals surface area (Å²) in [6, 6.07) is 0.345. The lowest BCUT2D eigenvalue weighted by Gasteiger charge is -2.28. The summed E-state index contributed by atoms with van der Waals surface area (Å²) in [4.78, 5) is 14.0. The lowest BCUT2D eigenvalue weighted by molar-refractivity contribution is -0.135. The van der Waals surface area contributed by atoms with Crippen molar-refractivity contribution in [3.63, 3.8) is 0 Å². The van der Waals surface area contributed by atoms with Gasteiger partial charge in [-0.3, -0.25) is 4.79 Å². The summed E-state index contributed by atoms with van der Waals surface area (Å²) in [6.45, 7) is 1.97. The molecule has 0 radical (unpaired) electrons. The van der Waals surface area contributed by atoms with Gasteiger partial charge in [0.25, 0.3) is 0 Å². The Morgan fingerprint density at radius 3 is 2.21 bits per heavy atom. The van der Waals surface area contributed by atoms with E-state index in [9.17, 15) is 4.79 Å². The van der Waals surface area contributed by atoms with Crippen molar-refractivity contribution in [2.45, 2.75) is 44.6 Å². The Kier molecular flexibility index (Phi) is 3.06. The van der Waals surface area contributed by atoms with Gasteiger partial charge in [0.1, 0.15) is 0 Å². The molecule has 2 N–H and O–H groups in total. The molecule has 0 aromatic carbocycles. The maximum atomic E-state index is 12.0. The second-order valence-corrected chi connectivity index (χ2v) is 4.64. The zero-order valence-corrected chi connectivity index (χ0v) is 8.74. The molecular weight excluding hydrogens is 176 g/mol. The minimum atomic E-state index is 0.285. The summed E-state index contributed by atoms with van der Waals surface area (Å²) in [7, 11) is 0. The third-order valence-corrected chi connectivity index (χ3v) is 3.54. The van der Waals surface area contributed by atoms with Gasteiger partial charge in [0.05, 0.1) is 0 Å². The Hall–Kier alpha value is -0.570. The van der Waals surface area contributed by atoms with E-state index in [1.54, 1.807) is 0 Å². The maximum Gasteiger partial charge on any atom is 0.225 e. The number of nitrogens with zero attached hydrogens (tertiary/aromatic N) is 1. The molecule has 0 atom stereocenters. The van der Waals surface area contributed by atoms with Gasteiger partial charge in [-0.25, -0.2) is 0 Å². The highest BCUT2D eigenvalue weighted by Crippen LogP contribution is 2.26. The molecule has 0 unspecified atom stereocenters. The smallest absolute Gasteiger partial charge is 0.225 e. The fraction of sp³-hybridized carbons (Fsp3) is 0.909. The molecule has 1 heterocycles. The van der Waals surface area contributed by atoms with Gasteiger partial charge in [-0.15, -0.1) is 0 Å². The summed E-state index contributed by atoms with van der Waals surface area (Å²) in [5.74, 6) is 0.683. The van der Waals surface area contributed by atoms with E-state index in [1.165, 1.54) is 12.8 Å². The quantitative estimate of drug-likeness (QED) is 0.683. The number of nitrogens with two attached hydrogens (primary N) is 1. The Balaban J connectivity index is 1.85. The van der Waals surface area contributed by atoms with Crippen molar-refractivity contribution < 1.29 is 4.79 Å². The second-order valence-electron chi connectivity index (χ2n) is 4.64. The van der Waals surface area contributed by atoms with E-state index >= 15 is 0 Å². The highest BCUT2D eigenvalue weighted by molar-refractivity contribution is 5.79. The van der Waals surface area contributed by atoms with Crippen LogP contribution in [0, 0.1) is 5.92 Å². The zero-order chi connectivity index (χ0) is 9.97. The van der Waals surface area contributed by atoms with Crippen molar-refractivity contribution in [3.8, 4) is 0 Å². The largest absolute Gasteiger partial charge is 0.342 e. The standard InChI is InChI=1S/C11H20N2O/c12-10-5-3-9(4-6-10)11(14)13-7-1-2-8-13/h9-10H,1-8,12H2/t9-,10-. The van der Waals surface area contributed by atoms with Crippen LogP contribution in [0.4, 0.5) is 0 Å². The molecule has 1 aliphatic carbocycles. The van der Waals surface area contributed by atoms with Crippen LogP contribution in [0.15, 0.2) is 0 Å². The summed E-state index contributed by atoms with van der Waals surface area (Å²) < 4.78 is 0. The normalized spacial score (nSPS) is 33.4. The molecule has 3 heteroatoms. The molecule has 0 bridgehead atoms. The van der Waals surface area contributed by atoms with Crippen LogP contribution >= 0.6 is 0 Å². The van der Waals surface area contributed by atoms with Crippen LogP contribution in [0.1, 0.15) is 38.5 Å². The van der Waals surface area contributed by atoms with Crippen molar-refractivity contribution in [1.82, 2.24) is 4.90 Å². The molecule has 14 heavy (non-hydrogen) atoms. The molecule has 3 nitrogen and oxygen atoms in total. The average molecular weight is 196 g/mol. The van der Waals surface area contributed by atoms with Crippen LogP contribution < -0.4 is 5.73 Å². The Morgan fingerprint density at radius 1 is 1.07 bits per heavy atom. The van der Waals surface area contributed by atoms with Crippen LogP contribution in [-0.4, -0.2) is 29.9 Å². The predicted octanol–water partition coefficient (Wildman–Crippen LogP) is 1.13. The lowest BCUT2D eigenvalue weighted by atomic mass is 9.85. The van der Waals surface area contributed by atoms with E-state index in [2.05, 4.69) is 0 Å². The second kappa shape index (κ2) is 4.30. The molecule has 80 valence electrons. The monoisotopic (exact) mass is 196 g/mol. The van der Waals surface area contributed by atoms with Gasteiger partial charge < -0.3 is 10.6 Å². The minimum Gasteiger partial charge on any atom is -0.342 e. The van der Waals surface area contributed by atoms with Gasteiger partial charge in [0.15, 0.2) is 0 Å². The summed E-state index contributed by atoms with van der Waals surface area (Å²) in [6.07, 6.45) is 6.47. The zero-order valence-electron chi connectivity index (χ0n) is 8.74. The van der Waals surface area contributed by atoms with Crippen LogP contribution in [0.5, 0.6) is 0 Å². The Labute approximate surface area is 85.6 Å². The summed E-state index contributed by atoms with van der Waals surface area (Å²) in [5.41, 5.74) is 5.83. The number of amides is 1. The molecule has 0 aromatic rings. The van der Waals surface area contributed by atoms with Gasteiger partial charge in [-0.1, -0.05) is 0 Å². The van der Waals surface area contributed by atoms with Crippen LogP contribution in [0.3, 0.4) is 0 Å². The summed E-state index contributed by atoms with van der Waals surface area (Å²) in [5, 5.41) is 0. The van der Waals surface area contributed by atoms with E-state index in [1.807, 2.05) is 4.90 Å². The third kappa shape index (κ3) is 2.08. The number of carbonyl (C=O) groups is 1. The van der Waals surface area contributed by atoms with Gasteiger partial charge >= 0.3 is 0 Å². The highest BCUT2D eigenvalue weighted by atomic mass is 16.2. The lowest BCUT2D eigenvalue weighted by Crippen LogP contribution is -2.37. The number of hydrogen-bond acceptors (Lipinski definition) is 2. The molecule has 2 rings (SSSR count). The molecular formula is C11H20N2O. The Bertz CT molecular complexity index is 203. The number of hydrogen-bond donors (Lipinski definition) is 1. The van der Waals surface area contributed by atoms with E-state index in [0.717, 1.165) is 38.8 Å². The molecule has 1 saturated carbocycles. The number of rotatable bonds is 1. The summed E-state index contributed by atoms with van der Waals surface area (Å²) >= 11 is 0. The van der Waals surface area contributed by atoms with Gasteiger partial charge in [-0.2, -0.15) is 0 Å². The third-order valence-electron chi connectivity index (χ3n) is 3.54. The van der Waals surface area contributed by atoms with Crippen molar-refractivity contribution in [1.29, 1.82) is 0 Å². The molecule has 1 saturated heterocycles. The first-order chi connectivity index (χ1) is 6.77. The van der Waals surface area contributed by atoms with Crippen LogP contribution in [-0.2, 0) is 4.79 Å². The topological polar surface area (TPSA) is 46.3 Å². The predicted molar refractivity (Wildman–Crippen MR) is 55.7 cm³/mol. The SMILES string of the molecule is N[C@H]1CC[C@H](C(=O)N2CCCC2)CC1. The van der Waals surface area contributed by atoms with Crippen LogP contribution in [0.25, 0.3) is 0 Å². The number of carbonyl (C=O) groups excluding carboxylic acids is 1. The van der Waals surface area contributed by atoms with E-state index in [0.29, 0.717) is 11.9 Å². The fourth-order valence-corrected chi connectivity index (χ4v) is 2.56. The molecule has 0 aromatic heterocycles. The molecule has 0 spiro atoms. The maximum absolute atomic E-state index is 12.0. The van der Waals surface area contributed by atoms with Crippen molar-refractivity contribution in [2.24, 2.45) is 11.7 Å². The van der Waals surface area contributed by atoms with E-state index in [4.69, 9.17) is 5.73 Å². The molecule has 2 aliphatic rings. The average Bonchev–Trinajstić information content (AvgIpc) is 2.71. The van der Waals surface area contributed by atoms with Crippen molar-refractivity contribution >= 4 is 5.91 Å². The highest BCUT2D eigenvalue weighted by Gasteiger charge is 2.29. The van der Waals surface area contributed by atoms with Gasteiger partial charge in [0, 0.05) is 25.0 Å². The van der Waals surface area contributed by atoms with E-state index in [-0.39, 0.29) is 5.92 Å². The first-order valence-corrected chi connectivity index (χ1v) is 5.82. The molecule has 1 amide bonds. The van der Waals surface area contributed by atoms with Crippen LogP contribution in [0.2, 0.25) is 0 Å². The first-order valence-electron chi connectivity index (χ1n) is 5.82. The van der Waals surface area contributed by atoms with E-state index < -0.39 is 0 Å². The molecule has 2 fully saturated rings. The van der Waals surface area contributed by atoms with Crippen molar-refractivity contribution in [2.75, 3.05) is 13.1 Å². The number of likely N-dealkylation sites (tertiary alicyclic amines) is 1. The molecule has 1 aliphatic heterocycles. The fourth-order valence-electron chi connectivity index (χ4n) is 2.56. The van der Waals surface area contributed by atoms with Gasteiger partial charge in [-0.05, 0) is 38.5 Å². The van der Waals surface area contributed by atoms with Gasteiger partial charge in [0.2, 0.25) is 5.91 Å². The van der Waals surface area contributed by atoms with Crippen molar-refractivity contribution in [3.05, 3.63) is 0 Å². The minimum absolute atomic E-state index is 0.285. The Morgan fingerprint density at radius 2 is 1.64 bits per heavy atom.